The van der Waals surface area contributed by atoms with Crippen LogP contribution in [0.2, 0.25) is 0 Å². The summed E-state index contributed by atoms with van der Waals surface area (Å²) >= 11 is 0. The number of para-hydroxylation sites is 1. The quantitative estimate of drug-likeness (QED) is 0.548. The van der Waals surface area contributed by atoms with E-state index in [-0.39, 0.29) is 22.8 Å². The van der Waals surface area contributed by atoms with Gasteiger partial charge in [-0.3, -0.25) is 4.79 Å². The lowest BCUT2D eigenvalue weighted by Crippen LogP contribution is -2.56. The van der Waals surface area contributed by atoms with Crippen molar-refractivity contribution in [3.05, 3.63) is 58.7 Å². The van der Waals surface area contributed by atoms with E-state index < -0.39 is 10.4 Å². The van der Waals surface area contributed by atoms with Gasteiger partial charge in [0, 0.05) is 24.9 Å². The van der Waals surface area contributed by atoms with Crippen molar-refractivity contribution in [3.63, 3.8) is 0 Å². The van der Waals surface area contributed by atoms with Gasteiger partial charge < -0.3 is 14.0 Å². The minimum absolute atomic E-state index is 0.0658. The fourth-order valence-electron chi connectivity index (χ4n) is 4.79. The van der Waals surface area contributed by atoms with E-state index in [0.717, 1.165) is 16.9 Å². The van der Waals surface area contributed by atoms with E-state index in [4.69, 9.17) is 4.52 Å². The van der Waals surface area contributed by atoms with Gasteiger partial charge in [0.2, 0.25) is 4.90 Å². The molecule has 1 fully saturated rings. The van der Waals surface area contributed by atoms with E-state index in [1.165, 1.54) is 4.31 Å². The van der Waals surface area contributed by atoms with Gasteiger partial charge in [-0.25, -0.2) is 4.68 Å². The average Bonchev–Trinajstić information content (AvgIpc) is 3.33. The van der Waals surface area contributed by atoms with E-state index in [2.05, 4.69) is 10.3 Å². The van der Waals surface area contributed by atoms with Crippen molar-refractivity contribution >= 4 is 16.3 Å². The molecule has 32 heavy (non-hydrogen) atoms. The molecule has 5 rings (SSSR count). The fraction of sp³-hybridized carbons (Fsp3) is 0.409. The lowest BCUT2D eigenvalue weighted by Gasteiger charge is -2.41. The Balaban J connectivity index is 1.33. The number of sulfonamides is 1. The Bertz CT molecular complexity index is 1230. The minimum atomic E-state index is -3.65. The molecule has 1 saturated heterocycles. The Hall–Kier alpha value is -2.82. The largest absolute Gasteiger partial charge is 0.593 e. The molecular formula is C22H25N5O4S. The summed E-state index contributed by atoms with van der Waals surface area (Å²) in [6.45, 7) is 8.38. The number of benzene rings is 1. The van der Waals surface area contributed by atoms with E-state index in [1.54, 1.807) is 18.5 Å². The predicted molar refractivity (Wildman–Crippen MR) is 116 cm³/mol. The molecule has 0 spiro atoms. The summed E-state index contributed by atoms with van der Waals surface area (Å²) in [5.74, 6) is 0.300. The van der Waals surface area contributed by atoms with Gasteiger partial charge >= 0.3 is 0 Å². The molecule has 2 aliphatic heterocycles. The topological polar surface area (TPSA) is 108 Å². The number of carbonyl (C=O) groups excluding carboxylic acids is 1. The zero-order valence-electron chi connectivity index (χ0n) is 18.4. The van der Waals surface area contributed by atoms with Gasteiger partial charge in [-0.15, -0.1) is 4.31 Å². The highest BCUT2D eigenvalue weighted by Gasteiger charge is 2.47. The number of fused-ring (bicyclic) bond motifs is 1. The van der Waals surface area contributed by atoms with Gasteiger partial charge in [0.1, 0.15) is 11.4 Å². The van der Waals surface area contributed by atoms with Crippen LogP contribution in [0.4, 0.5) is 0 Å². The van der Waals surface area contributed by atoms with Crippen molar-refractivity contribution < 1.29 is 18.1 Å². The summed E-state index contributed by atoms with van der Waals surface area (Å²) in [7, 11) is -3.65. The van der Waals surface area contributed by atoms with Crippen LogP contribution in [0.15, 0.2) is 39.8 Å². The second-order valence-electron chi connectivity index (χ2n) is 8.57. The number of nitrogens with zero attached hydrogens (tertiary/aromatic N) is 5. The van der Waals surface area contributed by atoms with Crippen LogP contribution in [-0.2, 0) is 14.6 Å². The molecule has 0 bridgehead atoms. The Labute approximate surface area is 187 Å². The molecule has 1 amide bonds. The van der Waals surface area contributed by atoms with Gasteiger partial charge in [-0.05, 0) is 32.9 Å². The van der Waals surface area contributed by atoms with Crippen LogP contribution in [0, 0.1) is 26.7 Å². The van der Waals surface area contributed by atoms with Gasteiger partial charge in [0.15, 0.2) is 16.2 Å². The van der Waals surface area contributed by atoms with Gasteiger partial charge in [0.05, 0.1) is 30.5 Å². The standard InChI is InChI=1S/C22H25N5O4S/c1-13-19-15(3)26(22(28)20(19)27(23-13)18-8-6-5-7-9-18)12-17-10-25(11-17)32(29,30)21-14(2)24-31-16(21)4/h5-9,15,17H,10-12H2,1-4H3. The molecule has 3 aromatic rings. The first-order valence-corrected chi connectivity index (χ1v) is 12.0. The molecule has 2 aliphatic rings. The summed E-state index contributed by atoms with van der Waals surface area (Å²) in [5, 5.41) is 8.37. The number of aromatic nitrogens is 3. The molecule has 0 N–H and O–H groups in total. The highest BCUT2D eigenvalue weighted by molar-refractivity contribution is 7.95. The molecule has 4 heterocycles. The molecule has 0 radical (unpaired) electrons. The summed E-state index contributed by atoms with van der Waals surface area (Å²) in [4.78, 5) is 15.3. The number of amides is 1. The van der Waals surface area contributed by atoms with Crippen molar-refractivity contribution in [3.8, 4) is 5.69 Å². The molecule has 168 valence electrons. The zero-order valence-corrected chi connectivity index (χ0v) is 19.3. The zero-order chi connectivity index (χ0) is 22.8. The number of hydrogen-bond donors (Lipinski definition) is 0. The molecule has 2 atom stereocenters. The van der Waals surface area contributed by atoms with Crippen LogP contribution in [0.25, 0.3) is 5.69 Å². The van der Waals surface area contributed by atoms with Crippen LogP contribution >= 0.6 is 0 Å². The highest BCUT2D eigenvalue weighted by Crippen LogP contribution is 2.39. The molecule has 0 saturated carbocycles. The molecule has 9 nitrogen and oxygen atoms in total. The first-order valence-electron chi connectivity index (χ1n) is 10.6. The van der Waals surface area contributed by atoms with Crippen molar-refractivity contribution in [1.82, 2.24) is 24.1 Å². The Morgan fingerprint density at radius 1 is 1.16 bits per heavy atom. The SMILES string of the molecule is Cc1nn(-c2ccccc2)c2c1C(C)N(CC1CN([S+](=O)([O-])c3c(C)noc3C)C1)C2=O. The second kappa shape index (κ2) is 7.36. The summed E-state index contributed by atoms with van der Waals surface area (Å²) in [5.41, 5.74) is 3.59. The highest BCUT2D eigenvalue weighted by atomic mass is 32.3. The van der Waals surface area contributed by atoms with Crippen LogP contribution in [0.5, 0.6) is 0 Å². The van der Waals surface area contributed by atoms with Crippen molar-refractivity contribution in [2.45, 2.75) is 38.6 Å². The number of aryl methyl sites for hydroxylation is 3. The third-order valence-corrected chi connectivity index (χ3v) is 8.48. The van der Waals surface area contributed by atoms with Crippen LogP contribution in [0.3, 0.4) is 0 Å². The summed E-state index contributed by atoms with van der Waals surface area (Å²) in [6.07, 6.45) is 0. The van der Waals surface area contributed by atoms with Gasteiger partial charge in [-0.1, -0.05) is 27.6 Å². The lowest BCUT2D eigenvalue weighted by atomic mass is 10.0. The summed E-state index contributed by atoms with van der Waals surface area (Å²) in [6, 6.07) is 9.51. The monoisotopic (exact) mass is 455 g/mol. The number of rotatable bonds is 5. The van der Waals surface area contributed by atoms with Crippen molar-refractivity contribution in [1.29, 1.82) is 0 Å². The Morgan fingerprint density at radius 3 is 2.47 bits per heavy atom. The maximum atomic E-state index is 13.4. The first kappa shape index (κ1) is 21.0. The predicted octanol–water partition coefficient (Wildman–Crippen LogP) is 2.84. The normalized spacial score (nSPS) is 21.0. The van der Waals surface area contributed by atoms with Crippen LogP contribution in [0.1, 0.15) is 46.2 Å². The third-order valence-electron chi connectivity index (χ3n) is 6.40. The molecule has 2 unspecified atom stereocenters. The number of carbonyl (C=O) groups is 1. The Morgan fingerprint density at radius 2 is 1.84 bits per heavy atom. The van der Waals surface area contributed by atoms with E-state index in [9.17, 15) is 13.6 Å². The van der Waals surface area contributed by atoms with E-state index in [0.29, 0.717) is 36.8 Å². The van der Waals surface area contributed by atoms with Gasteiger partial charge in [-0.2, -0.15) is 5.10 Å². The molecule has 10 heteroatoms. The molecule has 0 aliphatic carbocycles. The van der Waals surface area contributed by atoms with E-state index in [1.807, 2.05) is 49.1 Å². The van der Waals surface area contributed by atoms with Crippen molar-refractivity contribution in [2.24, 2.45) is 5.92 Å². The molecular weight excluding hydrogens is 430 g/mol. The average molecular weight is 456 g/mol. The first-order chi connectivity index (χ1) is 15.2. The third kappa shape index (κ3) is 3.05. The maximum absolute atomic E-state index is 13.4. The Kier molecular flexibility index (Phi) is 4.84. The minimum Gasteiger partial charge on any atom is -0.593 e. The maximum Gasteiger partial charge on any atom is 0.273 e. The molecule has 2 aromatic heterocycles. The second-order valence-corrected chi connectivity index (χ2v) is 10.4. The van der Waals surface area contributed by atoms with Crippen molar-refractivity contribution in [2.75, 3.05) is 19.6 Å². The van der Waals surface area contributed by atoms with Crippen LogP contribution < -0.4 is 0 Å². The van der Waals surface area contributed by atoms with Gasteiger partial charge in [0.25, 0.3) is 5.91 Å². The molecule has 1 aromatic carbocycles. The fourth-order valence-corrected chi connectivity index (χ4v) is 6.68. The summed E-state index contributed by atoms with van der Waals surface area (Å²) < 4.78 is 34.1. The lowest BCUT2D eigenvalue weighted by molar-refractivity contribution is 0.0611. The smallest absolute Gasteiger partial charge is 0.273 e. The van der Waals surface area contributed by atoms with Crippen LogP contribution in [-0.4, -0.2) is 54.2 Å². The number of hydrogen-bond acceptors (Lipinski definition) is 6. The van der Waals surface area contributed by atoms with E-state index >= 15 is 0 Å².